The summed E-state index contributed by atoms with van der Waals surface area (Å²) in [7, 11) is 1.66. The molecule has 1 unspecified atom stereocenters. The Hall–Kier alpha value is -3.60. The van der Waals surface area contributed by atoms with Crippen molar-refractivity contribution >= 4 is 34.1 Å². The Kier molecular flexibility index (Phi) is 4.54. The quantitative estimate of drug-likeness (QED) is 0.478. The van der Waals surface area contributed by atoms with Gasteiger partial charge in [-0.15, -0.1) is 10.2 Å². The molecule has 3 aromatic heterocycles. The van der Waals surface area contributed by atoms with Gasteiger partial charge in [0, 0.05) is 6.04 Å². The van der Waals surface area contributed by atoms with Gasteiger partial charge in [0.15, 0.2) is 0 Å². The van der Waals surface area contributed by atoms with E-state index < -0.39 is 0 Å². The van der Waals surface area contributed by atoms with Gasteiger partial charge in [-0.05, 0) is 37.1 Å². The first-order valence-electron chi connectivity index (χ1n) is 9.76. The van der Waals surface area contributed by atoms with E-state index >= 15 is 0 Å². The van der Waals surface area contributed by atoms with Gasteiger partial charge in [0.05, 0.1) is 29.0 Å². The van der Waals surface area contributed by atoms with Gasteiger partial charge in [-0.25, -0.2) is 15.0 Å². The van der Waals surface area contributed by atoms with Crippen LogP contribution in [0.5, 0.6) is 0 Å². The predicted molar refractivity (Wildman–Crippen MR) is 116 cm³/mol. The maximum atomic E-state index is 13.3. The maximum Gasteiger partial charge on any atom is 0.263 e. The van der Waals surface area contributed by atoms with Crippen molar-refractivity contribution in [2.24, 2.45) is 7.05 Å². The number of benzene rings is 1. The highest BCUT2D eigenvalue weighted by molar-refractivity contribution is 6.35. The minimum atomic E-state index is -0.374. The predicted octanol–water partition coefficient (Wildman–Crippen LogP) is 2.12. The molecule has 31 heavy (non-hydrogen) atoms. The van der Waals surface area contributed by atoms with Gasteiger partial charge in [-0.3, -0.25) is 9.36 Å². The molecule has 0 bridgehead atoms. The van der Waals surface area contributed by atoms with E-state index in [1.54, 1.807) is 29.8 Å². The van der Waals surface area contributed by atoms with E-state index in [-0.39, 0.29) is 23.5 Å². The van der Waals surface area contributed by atoms with Crippen molar-refractivity contribution in [1.29, 1.82) is 0 Å². The van der Waals surface area contributed by atoms with E-state index in [4.69, 9.17) is 22.3 Å². The van der Waals surface area contributed by atoms with Crippen LogP contribution in [-0.4, -0.2) is 39.7 Å². The Balaban J connectivity index is 1.61. The molecule has 1 saturated carbocycles. The highest BCUT2D eigenvalue weighted by Crippen LogP contribution is 2.37. The van der Waals surface area contributed by atoms with Crippen LogP contribution in [-0.2, 0) is 7.05 Å². The Morgan fingerprint density at radius 3 is 2.81 bits per heavy atom. The van der Waals surface area contributed by atoms with E-state index in [2.05, 4.69) is 30.7 Å². The molecule has 1 aliphatic rings. The SMILES string of the molecule is CC(Nc1ncnc(N)c1-c1nnn(C)n1)c1nc2cccc(Cl)c2c(=O)n1C1CC1. The molecule has 1 aromatic carbocycles. The molecule has 5 rings (SSSR count). The zero-order valence-corrected chi connectivity index (χ0v) is 17.6. The number of nitrogen functional groups attached to an aromatic ring is 1. The van der Waals surface area contributed by atoms with E-state index in [1.807, 2.05) is 6.92 Å². The molecule has 11 nitrogen and oxygen atoms in total. The Labute approximate surface area is 181 Å². The molecule has 0 amide bonds. The van der Waals surface area contributed by atoms with Crippen LogP contribution in [0.15, 0.2) is 29.3 Å². The molecule has 0 radical (unpaired) electrons. The third-order valence-electron chi connectivity index (χ3n) is 5.17. The fourth-order valence-electron chi connectivity index (χ4n) is 3.59. The van der Waals surface area contributed by atoms with Gasteiger partial charge in [0.1, 0.15) is 29.4 Å². The van der Waals surface area contributed by atoms with Gasteiger partial charge in [-0.2, -0.15) is 4.80 Å². The average molecular weight is 439 g/mol. The summed E-state index contributed by atoms with van der Waals surface area (Å²) in [5, 5.41) is 16.2. The normalized spacial score (nSPS) is 14.7. The molecule has 0 spiro atoms. The van der Waals surface area contributed by atoms with Crippen molar-refractivity contribution in [2.45, 2.75) is 31.8 Å². The van der Waals surface area contributed by atoms with Crippen LogP contribution in [0.4, 0.5) is 11.6 Å². The smallest absolute Gasteiger partial charge is 0.263 e. The van der Waals surface area contributed by atoms with Crippen molar-refractivity contribution in [1.82, 2.24) is 39.7 Å². The van der Waals surface area contributed by atoms with Crippen LogP contribution in [0.25, 0.3) is 22.3 Å². The minimum absolute atomic E-state index is 0.108. The zero-order chi connectivity index (χ0) is 21.7. The molecule has 12 heteroatoms. The van der Waals surface area contributed by atoms with Crippen molar-refractivity contribution in [2.75, 3.05) is 11.1 Å². The molecule has 3 N–H and O–H groups in total. The third kappa shape index (κ3) is 3.36. The Morgan fingerprint density at radius 1 is 1.29 bits per heavy atom. The zero-order valence-electron chi connectivity index (χ0n) is 16.8. The summed E-state index contributed by atoms with van der Waals surface area (Å²) in [5.74, 6) is 1.54. The minimum Gasteiger partial charge on any atom is -0.383 e. The summed E-state index contributed by atoms with van der Waals surface area (Å²) in [5.41, 5.74) is 6.94. The van der Waals surface area contributed by atoms with Gasteiger partial charge in [-0.1, -0.05) is 17.7 Å². The molecule has 3 heterocycles. The third-order valence-corrected chi connectivity index (χ3v) is 5.48. The summed E-state index contributed by atoms with van der Waals surface area (Å²) < 4.78 is 1.73. The maximum absolute atomic E-state index is 13.3. The lowest BCUT2D eigenvalue weighted by Gasteiger charge is -2.21. The number of rotatable bonds is 5. The number of aromatic nitrogens is 8. The molecule has 1 fully saturated rings. The van der Waals surface area contributed by atoms with Crippen LogP contribution in [0.1, 0.15) is 37.7 Å². The number of aryl methyl sites for hydroxylation is 1. The number of hydrogen-bond acceptors (Lipinski definition) is 9. The summed E-state index contributed by atoms with van der Waals surface area (Å²) in [6, 6.07) is 5.00. The Bertz CT molecular complexity index is 1360. The fourth-order valence-corrected chi connectivity index (χ4v) is 3.84. The van der Waals surface area contributed by atoms with Gasteiger partial charge >= 0.3 is 0 Å². The van der Waals surface area contributed by atoms with E-state index in [0.717, 1.165) is 12.8 Å². The van der Waals surface area contributed by atoms with E-state index in [1.165, 1.54) is 11.1 Å². The van der Waals surface area contributed by atoms with Gasteiger partial charge < -0.3 is 11.1 Å². The monoisotopic (exact) mass is 438 g/mol. The number of nitrogens with two attached hydrogens (primary N) is 1. The lowest BCUT2D eigenvalue weighted by Crippen LogP contribution is -2.28. The summed E-state index contributed by atoms with van der Waals surface area (Å²) in [6.45, 7) is 1.91. The molecule has 158 valence electrons. The number of nitrogens with zero attached hydrogens (tertiary/aromatic N) is 8. The molecule has 1 atom stereocenters. The van der Waals surface area contributed by atoms with E-state index in [9.17, 15) is 4.79 Å². The number of nitrogens with one attached hydrogen (secondary N) is 1. The van der Waals surface area contributed by atoms with Crippen LogP contribution < -0.4 is 16.6 Å². The number of halogens is 1. The molecular formula is C19H19ClN10O. The molecule has 0 aliphatic heterocycles. The summed E-state index contributed by atoms with van der Waals surface area (Å²) in [6.07, 6.45) is 3.20. The molecule has 4 aromatic rings. The summed E-state index contributed by atoms with van der Waals surface area (Å²) in [4.78, 5) is 27.8. The number of hydrogen-bond donors (Lipinski definition) is 2. The fraction of sp³-hybridized carbons (Fsp3) is 0.316. The topological polar surface area (TPSA) is 142 Å². The van der Waals surface area contributed by atoms with Crippen LogP contribution >= 0.6 is 11.6 Å². The molecule has 1 aliphatic carbocycles. The van der Waals surface area contributed by atoms with E-state index in [0.29, 0.717) is 39.0 Å². The standard InChI is InChI=1S/C19H19ClN10O/c1-9(24-16-14(15(21)22-8-23-16)17-26-28-29(2)27-17)18-25-12-5-3-4-11(20)13(12)19(31)30(18)10-6-7-10/h3-5,8-10H,6-7H2,1-2H3,(H3,21,22,23,24). The number of tetrazole rings is 1. The lowest BCUT2D eigenvalue weighted by molar-refractivity contribution is 0.609. The van der Waals surface area contributed by atoms with Crippen LogP contribution in [0.3, 0.4) is 0 Å². The van der Waals surface area contributed by atoms with Crippen molar-refractivity contribution in [3.63, 3.8) is 0 Å². The van der Waals surface area contributed by atoms with Gasteiger partial charge in [0.25, 0.3) is 5.56 Å². The second kappa shape index (κ2) is 7.27. The first kappa shape index (κ1) is 19.4. The molecule has 0 saturated heterocycles. The highest BCUT2D eigenvalue weighted by atomic mass is 35.5. The van der Waals surface area contributed by atoms with Crippen LogP contribution in [0, 0.1) is 0 Å². The van der Waals surface area contributed by atoms with Crippen molar-refractivity contribution in [3.05, 3.63) is 45.7 Å². The average Bonchev–Trinajstić information content (AvgIpc) is 3.48. The lowest BCUT2D eigenvalue weighted by atomic mass is 10.2. The molecular weight excluding hydrogens is 420 g/mol. The second-order valence-corrected chi connectivity index (χ2v) is 7.87. The van der Waals surface area contributed by atoms with Crippen molar-refractivity contribution in [3.8, 4) is 11.4 Å². The first-order chi connectivity index (χ1) is 14.9. The highest BCUT2D eigenvalue weighted by Gasteiger charge is 2.31. The van der Waals surface area contributed by atoms with Gasteiger partial charge in [0.2, 0.25) is 5.82 Å². The van der Waals surface area contributed by atoms with Crippen LogP contribution in [0.2, 0.25) is 5.02 Å². The first-order valence-corrected chi connectivity index (χ1v) is 10.1. The summed E-state index contributed by atoms with van der Waals surface area (Å²) >= 11 is 6.31. The second-order valence-electron chi connectivity index (χ2n) is 7.46. The Morgan fingerprint density at radius 2 is 2.10 bits per heavy atom. The number of fused-ring (bicyclic) bond motifs is 1. The largest absolute Gasteiger partial charge is 0.383 e. The number of anilines is 2. The van der Waals surface area contributed by atoms with Crippen molar-refractivity contribution < 1.29 is 0 Å².